The minimum absolute atomic E-state index is 0.145. The topological polar surface area (TPSA) is 81.6 Å². The summed E-state index contributed by atoms with van der Waals surface area (Å²) in [5.41, 5.74) is 1.93. The lowest BCUT2D eigenvalue weighted by Crippen LogP contribution is -2.37. The number of benzene rings is 1. The van der Waals surface area contributed by atoms with Gasteiger partial charge in [0.2, 0.25) is 0 Å². The van der Waals surface area contributed by atoms with Gasteiger partial charge in [-0.15, -0.1) is 0 Å². The molecule has 0 spiro atoms. The number of rotatable bonds is 3. The number of aromatic nitrogens is 5. The molecular weight excluding hydrogens is 363 g/mol. The summed E-state index contributed by atoms with van der Waals surface area (Å²) in [6.07, 6.45) is 1.65. The fraction of sp³-hybridized carbons (Fsp3) is 0.368. The summed E-state index contributed by atoms with van der Waals surface area (Å²) in [6.45, 7) is 6.59. The van der Waals surface area contributed by atoms with E-state index in [1.807, 2.05) is 18.2 Å². The molecule has 0 amide bonds. The highest BCUT2D eigenvalue weighted by Crippen LogP contribution is 2.31. The Bertz CT molecular complexity index is 1160. The Morgan fingerprint density at radius 3 is 2.71 bits per heavy atom. The van der Waals surface area contributed by atoms with Crippen molar-refractivity contribution in [3.05, 3.63) is 36.2 Å². The second kappa shape index (κ2) is 6.52. The first-order valence-corrected chi connectivity index (χ1v) is 9.25. The first-order valence-electron chi connectivity index (χ1n) is 9.25. The van der Waals surface area contributed by atoms with Gasteiger partial charge in [-0.2, -0.15) is 4.98 Å². The molecule has 1 aromatic carbocycles. The number of imidazole rings is 1. The number of hydrogen-bond acceptors (Lipinski definition) is 7. The number of ether oxygens (including phenoxy) is 1. The van der Waals surface area contributed by atoms with Crippen LogP contribution in [0.2, 0.25) is 0 Å². The number of morpholine rings is 1. The maximum atomic E-state index is 14.0. The van der Waals surface area contributed by atoms with E-state index in [9.17, 15) is 4.39 Å². The molecule has 8 nitrogen and oxygen atoms in total. The quantitative estimate of drug-likeness (QED) is 0.539. The third-order valence-electron chi connectivity index (χ3n) is 4.88. The molecule has 4 heterocycles. The SMILES string of the molecule is CC(C)c1noc(-c2ncn3c2nc(N2CCOCC2)c2cc(F)ccc23)n1. The van der Waals surface area contributed by atoms with Crippen LogP contribution in [-0.2, 0) is 4.74 Å². The van der Waals surface area contributed by atoms with Crippen molar-refractivity contribution in [2.24, 2.45) is 0 Å². The molecule has 1 aliphatic heterocycles. The van der Waals surface area contributed by atoms with Crippen molar-refractivity contribution in [2.75, 3.05) is 31.2 Å². The van der Waals surface area contributed by atoms with Crippen LogP contribution in [0, 0.1) is 5.82 Å². The van der Waals surface area contributed by atoms with Crippen molar-refractivity contribution in [1.29, 1.82) is 0 Å². The van der Waals surface area contributed by atoms with Crippen molar-refractivity contribution < 1.29 is 13.7 Å². The minimum atomic E-state index is -0.304. The van der Waals surface area contributed by atoms with Crippen LogP contribution in [-0.4, -0.2) is 50.8 Å². The van der Waals surface area contributed by atoms with Crippen LogP contribution in [0.15, 0.2) is 29.0 Å². The van der Waals surface area contributed by atoms with Gasteiger partial charge in [-0.05, 0) is 18.2 Å². The smallest absolute Gasteiger partial charge is 0.280 e. The fourth-order valence-electron chi connectivity index (χ4n) is 3.42. The Labute approximate surface area is 160 Å². The highest BCUT2D eigenvalue weighted by Gasteiger charge is 2.23. The van der Waals surface area contributed by atoms with E-state index >= 15 is 0 Å². The van der Waals surface area contributed by atoms with Gasteiger partial charge in [0.15, 0.2) is 17.2 Å². The van der Waals surface area contributed by atoms with E-state index in [4.69, 9.17) is 14.2 Å². The van der Waals surface area contributed by atoms with Gasteiger partial charge < -0.3 is 14.2 Å². The van der Waals surface area contributed by atoms with Crippen molar-refractivity contribution in [2.45, 2.75) is 19.8 Å². The van der Waals surface area contributed by atoms with Gasteiger partial charge in [-0.3, -0.25) is 4.40 Å². The molecule has 1 saturated heterocycles. The zero-order valence-electron chi connectivity index (χ0n) is 15.6. The number of fused-ring (bicyclic) bond motifs is 3. The molecule has 144 valence electrons. The number of hydrogen-bond donors (Lipinski definition) is 0. The van der Waals surface area contributed by atoms with E-state index < -0.39 is 0 Å². The molecule has 1 aliphatic rings. The van der Waals surface area contributed by atoms with Gasteiger partial charge >= 0.3 is 0 Å². The van der Waals surface area contributed by atoms with E-state index in [1.54, 1.807) is 12.4 Å². The molecule has 0 saturated carbocycles. The van der Waals surface area contributed by atoms with Crippen LogP contribution in [0.5, 0.6) is 0 Å². The van der Waals surface area contributed by atoms with Crippen LogP contribution in [0.4, 0.5) is 10.2 Å². The van der Waals surface area contributed by atoms with E-state index in [2.05, 4.69) is 20.0 Å². The summed E-state index contributed by atoms with van der Waals surface area (Å²) in [7, 11) is 0. The van der Waals surface area contributed by atoms with Crippen molar-refractivity contribution >= 4 is 22.4 Å². The molecule has 0 radical (unpaired) electrons. The van der Waals surface area contributed by atoms with Gasteiger partial charge in [0, 0.05) is 24.4 Å². The third-order valence-corrected chi connectivity index (χ3v) is 4.88. The average Bonchev–Trinajstić information content (AvgIpc) is 3.35. The van der Waals surface area contributed by atoms with Crippen LogP contribution >= 0.6 is 0 Å². The molecule has 0 unspecified atom stereocenters. The van der Waals surface area contributed by atoms with Gasteiger partial charge in [-0.1, -0.05) is 19.0 Å². The Balaban J connectivity index is 1.75. The minimum Gasteiger partial charge on any atom is -0.378 e. The zero-order chi connectivity index (χ0) is 19.3. The molecule has 0 aliphatic carbocycles. The van der Waals surface area contributed by atoms with Gasteiger partial charge in [-0.25, -0.2) is 14.4 Å². The van der Waals surface area contributed by atoms with Gasteiger partial charge in [0.25, 0.3) is 5.89 Å². The standard InChI is InChI=1S/C19H19FN6O2/c1-11(2)16-22-19(28-24-16)15-18-23-17(25-5-7-27-8-6-25)13-9-12(20)3-4-14(13)26(18)10-21-15/h3-4,9-11H,5-8H2,1-2H3. The van der Waals surface area contributed by atoms with Crippen molar-refractivity contribution in [1.82, 2.24) is 24.5 Å². The summed E-state index contributed by atoms with van der Waals surface area (Å²) < 4.78 is 26.7. The second-order valence-corrected chi connectivity index (χ2v) is 7.10. The summed E-state index contributed by atoms with van der Waals surface area (Å²) in [4.78, 5) is 15.9. The predicted molar refractivity (Wildman–Crippen MR) is 101 cm³/mol. The summed E-state index contributed by atoms with van der Waals surface area (Å²) in [5, 5.41) is 4.75. The average molecular weight is 382 g/mol. The molecule has 0 N–H and O–H groups in total. The van der Waals surface area contributed by atoms with Crippen molar-refractivity contribution in [3.8, 4) is 11.6 Å². The van der Waals surface area contributed by atoms with Crippen LogP contribution < -0.4 is 4.90 Å². The Morgan fingerprint density at radius 1 is 1.14 bits per heavy atom. The van der Waals surface area contributed by atoms with E-state index in [0.29, 0.717) is 55.2 Å². The third kappa shape index (κ3) is 2.70. The largest absolute Gasteiger partial charge is 0.378 e. The summed E-state index contributed by atoms with van der Waals surface area (Å²) in [5.74, 6) is 1.49. The Morgan fingerprint density at radius 2 is 1.96 bits per heavy atom. The molecule has 3 aromatic heterocycles. The predicted octanol–water partition coefficient (Wildman–Crippen LogP) is 3.03. The Hall–Kier alpha value is -3.07. The van der Waals surface area contributed by atoms with Crippen LogP contribution in [0.25, 0.3) is 28.1 Å². The monoisotopic (exact) mass is 382 g/mol. The first kappa shape index (κ1) is 17.1. The highest BCUT2D eigenvalue weighted by atomic mass is 19.1. The lowest BCUT2D eigenvalue weighted by Gasteiger charge is -2.29. The van der Waals surface area contributed by atoms with E-state index in [1.165, 1.54) is 12.1 Å². The number of halogens is 1. The lowest BCUT2D eigenvalue weighted by atomic mass is 10.2. The number of anilines is 1. The number of nitrogens with zero attached hydrogens (tertiary/aromatic N) is 6. The van der Waals surface area contributed by atoms with E-state index in [-0.39, 0.29) is 11.7 Å². The molecule has 0 atom stereocenters. The van der Waals surface area contributed by atoms with Crippen LogP contribution in [0.1, 0.15) is 25.6 Å². The molecule has 28 heavy (non-hydrogen) atoms. The first-order chi connectivity index (χ1) is 13.6. The normalized spacial score (nSPS) is 15.2. The molecule has 1 fully saturated rings. The van der Waals surface area contributed by atoms with E-state index in [0.717, 1.165) is 10.9 Å². The molecule has 4 aromatic rings. The summed E-state index contributed by atoms with van der Waals surface area (Å²) >= 11 is 0. The maximum absolute atomic E-state index is 14.0. The molecule has 5 rings (SSSR count). The summed E-state index contributed by atoms with van der Waals surface area (Å²) in [6, 6.07) is 4.69. The van der Waals surface area contributed by atoms with Gasteiger partial charge in [0.05, 0.1) is 18.7 Å². The van der Waals surface area contributed by atoms with Crippen LogP contribution in [0.3, 0.4) is 0 Å². The Kier molecular flexibility index (Phi) is 3.97. The highest BCUT2D eigenvalue weighted by molar-refractivity contribution is 5.93. The fourth-order valence-corrected chi connectivity index (χ4v) is 3.42. The molecule has 9 heteroatoms. The second-order valence-electron chi connectivity index (χ2n) is 7.10. The maximum Gasteiger partial charge on any atom is 0.280 e. The molecule has 0 bridgehead atoms. The molecular formula is C19H19FN6O2. The van der Waals surface area contributed by atoms with Crippen molar-refractivity contribution in [3.63, 3.8) is 0 Å². The van der Waals surface area contributed by atoms with Gasteiger partial charge in [0.1, 0.15) is 18.0 Å². The zero-order valence-corrected chi connectivity index (χ0v) is 15.6. The lowest BCUT2D eigenvalue weighted by molar-refractivity contribution is 0.122.